The van der Waals surface area contributed by atoms with Gasteiger partial charge in [-0.2, -0.15) is 0 Å². The van der Waals surface area contributed by atoms with Crippen molar-refractivity contribution >= 4 is 22.4 Å². The molecule has 0 bridgehead atoms. The SMILES string of the molecule is CN1CCN(c2cc(=O)n3c(ccc4ccccc43)n2)CC1. The molecule has 0 amide bonds. The molecule has 3 heterocycles. The second-order valence-electron chi connectivity index (χ2n) is 5.83. The summed E-state index contributed by atoms with van der Waals surface area (Å²) in [4.78, 5) is 21.8. The lowest BCUT2D eigenvalue weighted by atomic mass is 10.2. The summed E-state index contributed by atoms with van der Waals surface area (Å²) in [7, 11) is 2.12. The summed E-state index contributed by atoms with van der Waals surface area (Å²) in [6.07, 6.45) is 0. The number of aromatic nitrogens is 2. The molecule has 2 aromatic heterocycles. The number of rotatable bonds is 1. The van der Waals surface area contributed by atoms with Crippen LogP contribution >= 0.6 is 0 Å². The largest absolute Gasteiger partial charge is 0.354 e. The van der Waals surface area contributed by atoms with Crippen LogP contribution in [-0.4, -0.2) is 47.5 Å². The van der Waals surface area contributed by atoms with Crippen LogP contribution in [0.1, 0.15) is 0 Å². The molecule has 0 spiro atoms. The molecule has 112 valence electrons. The van der Waals surface area contributed by atoms with Gasteiger partial charge < -0.3 is 9.80 Å². The number of piperazine rings is 1. The monoisotopic (exact) mass is 294 g/mol. The zero-order valence-electron chi connectivity index (χ0n) is 12.6. The zero-order chi connectivity index (χ0) is 15.1. The molecular formula is C17H18N4O. The van der Waals surface area contributed by atoms with E-state index in [1.54, 1.807) is 10.5 Å². The fraction of sp³-hybridized carbons (Fsp3) is 0.294. The fourth-order valence-electron chi connectivity index (χ4n) is 3.04. The van der Waals surface area contributed by atoms with Crippen molar-refractivity contribution in [3.63, 3.8) is 0 Å². The molecule has 1 aliphatic rings. The Kier molecular flexibility index (Phi) is 3.08. The van der Waals surface area contributed by atoms with Crippen molar-refractivity contribution in [2.75, 3.05) is 38.1 Å². The van der Waals surface area contributed by atoms with Gasteiger partial charge in [0.2, 0.25) is 0 Å². The first-order valence-corrected chi connectivity index (χ1v) is 7.57. The van der Waals surface area contributed by atoms with Crippen molar-refractivity contribution in [1.29, 1.82) is 0 Å². The highest BCUT2D eigenvalue weighted by Crippen LogP contribution is 2.17. The molecule has 1 aromatic carbocycles. The maximum Gasteiger partial charge on any atom is 0.260 e. The summed E-state index contributed by atoms with van der Waals surface area (Å²) in [6, 6.07) is 13.5. The summed E-state index contributed by atoms with van der Waals surface area (Å²) in [5, 5.41) is 1.05. The van der Waals surface area contributed by atoms with Crippen molar-refractivity contribution in [1.82, 2.24) is 14.3 Å². The van der Waals surface area contributed by atoms with Crippen LogP contribution in [0.4, 0.5) is 5.82 Å². The number of fused-ring (bicyclic) bond motifs is 3. The van der Waals surface area contributed by atoms with Crippen LogP contribution < -0.4 is 10.5 Å². The van der Waals surface area contributed by atoms with Crippen LogP contribution in [0.2, 0.25) is 0 Å². The topological polar surface area (TPSA) is 40.9 Å². The third kappa shape index (κ3) is 2.14. The third-order valence-corrected chi connectivity index (χ3v) is 4.35. The molecule has 0 saturated carbocycles. The first-order valence-electron chi connectivity index (χ1n) is 7.57. The lowest BCUT2D eigenvalue weighted by molar-refractivity contribution is 0.312. The Morgan fingerprint density at radius 2 is 1.77 bits per heavy atom. The van der Waals surface area contributed by atoms with Crippen molar-refractivity contribution < 1.29 is 0 Å². The highest BCUT2D eigenvalue weighted by molar-refractivity contribution is 5.81. The van der Waals surface area contributed by atoms with Crippen molar-refractivity contribution in [2.45, 2.75) is 0 Å². The lowest BCUT2D eigenvalue weighted by Crippen LogP contribution is -2.45. The Morgan fingerprint density at radius 1 is 1.00 bits per heavy atom. The second-order valence-corrected chi connectivity index (χ2v) is 5.83. The third-order valence-electron chi connectivity index (χ3n) is 4.35. The van der Waals surface area contributed by atoms with E-state index in [9.17, 15) is 4.79 Å². The van der Waals surface area contributed by atoms with Gasteiger partial charge in [-0.3, -0.25) is 9.20 Å². The predicted molar refractivity (Wildman–Crippen MR) is 88.7 cm³/mol. The van der Waals surface area contributed by atoms with Gasteiger partial charge in [0.25, 0.3) is 5.56 Å². The molecule has 1 saturated heterocycles. The van der Waals surface area contributed by atoms with Gasteiger partial charge in [0.15, 0.2) is 0 Å². The summed E-state index contributed by atoms with van der Waals surface area (Å²) in [6.45, 7) is 3.82. The number of likely N-dealkylation sites (N-methyl/N-ethyl adjacent to an activating group) is 1. The van der Waals surface area contributed by atoms with E-state index >= 15 is 0 Å². The van der Waals surface area contributed by atoms with Crippen molar-refractivity contribution in [3.05, 3.63) is 52.8 Å². The molecule has 22 heavy (non-hydrogen) atoms. The number of benzene rings is 1. The average molecular weight is 294 g/mol. The van der Waals surface area contributed by atoms with E-state index in [1.165, 1.54) is 0 Å². The van der Waals surface area contributed by atoms with Crippen LogP contribution in [0, 0.1) is 0 Å². The van der Waals surface area contributed by atoms with Gasteiger partial charge in [0, 0.05) is 32.2 Å². The van der Waals surface area contributed by atoms with Crippen LogP contribution in [-0.2, 0) is 0 Å². The average Bonchev–Trinajstić information content (AvgIpc) is 2.55. The van der Waals surface area contributed by atoms with E-state index in [4.69, 9.17) is 4.98 Å². The maximum atomic E-state index is 12.6. The Hall–Kier alpha value is -2.40. The number of hydrogen-bond acceptors (Lipinski definition) is 4. The minimum Gasteiger partial charge on any atom is -0.354 e. The summed E-state index contributed by atoms with van der Waals surface area (Å²) >= 11 is 0. The summed E-state index contributed by atoms with van der Waals surface area (Å²) in [5.41, 5.74) is 1.60. The molecule has 0 aliphatic carbocycles. The molecule has 5 nitrogen and oxygen atoms in total. The van der Waals surface area contributed by atoms with E-state index in [-0.39, 0.29) is 5.56 Å². The van der Waals surface area contributed by atoms with Gasteiger partial charge in [-0.05, 0) is 30.6 Å². The first kappa shape index (κ1) is 13.3. The molecule has 0 N–H and O–H groups in total. The number of hydrogen-bond donors (Lipinski definition) is 0. The van der Waals surface area contributed by atoms with Crippen LogP contribution in [0.15, 0.2) is 47.3 Å². The Bertz CT molecular complexity index is 894. The number of nitrogens with zero attached hydrogens (tertiary/aromatic N) is 4. The van der Waals surface area contributed by atoms with Gasteiger partial charge in [0.05, 0.1) is 5.52 Å². The van der Waals surface area contributed by atoms with Crippen molar-refractivity contribution in [3.8, 4) is 0 Å². The number of para-hydroxylation sites is 1. The van der Waals surface area contributed by atoms with E-state index in [1.807, 2.05) is 36.4 Å². The summed E-state index contributed by atoms with van der Waals surface area (Å²) < 4.78 is 1.69. The van der Waals surface area contributed by atoms with Gasteiger partial charge >= 0.3 is 0 Å². The molecule has 5 heteroatoms. The number of anilines is 1. The number of pyridine rings is 1. The van der Waals surface area contributed by atoms with E-state index in [2.05, 4.69) is 16.8 Å². The fourth-order valence-corrected chi connectivity index (χ4v) is 3.04. The van der Waals surface area contributed by atoms with E-state index in [0.29, 0.717) is 5.65 Å². The highest BCUT2D eigenvalue weighted by atomic mass is 16.1. The second kappa shape index (κ2) is 5.10. The molecule has 1 fully saturated rings. The van der Waals surface area contributed by atoms with E-state index in [0.717, 1.165) is 42.9 Å². The smallest absolute Gasteiger partial charge is 0.260 e. The van der Waals surface area contributed by atoms with Crippen LogP contribution in [0.25, 0.3) is 16.6 Å². The molecule has 4 rings (SSSR count). The molecule has 0 atom stereocenters. The molecule has 3 aromatic rings. The van der Waals surface area contributed by atoms with Gasteiger partial charge in [-0.1, -0.05) is 18.2 Å². The Labute approximate surface area is 128 Å². The Balaban J connectivity index is 1.87. The normalized spacial score (nSPS) is 16.5. The Morgan fingerprint density at radius 3 is 2.59 bits per heavy atom. The van der Waals surface area contributed by atoms with Gasteiger partial charge in [-0.25, -0.2) is 4.98 Å². The minimum absolute atomic E-state index is 0.0178. The quantitative estimate of drug-likeness (QED) is 0.639. The van der Waals surface area contributed by atoms with Gasteiger partial charge in [0.1, 0.15) is 11.5 Å². The maximum absolute atomic E-state index is 12.6. The van der Waals surface area contributed by atoms with Gasteiger partial charge in [-0.15, -0.1) is 0 Å². The van der Waals surface area contributed by atoms with Crippen molar-refractivity contribution in [2.24, 2.45) is 0 Å². The molecular weight excluding hydrogens is 276 g/mol. The molecule has 1 aliphatic heterocycles. The summed E-state index contributed by atoms with van der Waals surface area (Å²) in [5.74, 6) is 0.786. The zero-order valence-corrected chi connectivity index (χ0v) is 12.6. The first-order chi connectivity index (χ1) is 10.7. The van der Waals surface area contributed by atoms with Crippen LogP contribution in [0.5, 0.6) is 0 Å². The molecule has 0 unspecified atom stereocenters. The predicted octanol–water partition coefficient (Wildman–Crippen LogP) is 1.60. The highest BCUT2D eigenvalue weighted by Gasteiger charge is 2.16. The standard InChI is InChI=1S/C17H18N4O/c1-19-8-10-20(11-9-19)16-12-17(22)21-14-5-3-2-4-13(14)6-7-15(21)18-16/h2-7,12H,8-11H2,1H3. The minimum atomic E-state index is -0.0178. The van der Waals surface area contributed by atoms with E-state index < -0.39 is 0 Å². The lowest BCUT2D eigenvalue weighted by Gasteiger charge is -2.33. The van der Waals surface area contributed by atoms with Crippen LogP contribution in [0.3, 0.4) is 0 Å². The molecule has 0 radical (unpaired) electrons.